The Morgan fingerprint density at radius 1 is 1.33 bits per heavy atom. The van der Waals surface area contributed by atoms with Gasteiger partial charge in [0.25, 0.3) is 0 Å². The third-order valence-corrected chi connectivity index (χ3v) is 3.97. The van der Waals surface area contributed by atoms with Crippen molar-refractivity contribution in [1.29, 1.82) is 0 Å². The van der Waals surface area contributed by atoms with E-state index in [-0.39, 0.29) is 30.8 Å². The molecule has 6 nitrogen and oxygen atoms in total. The smallest absolute Gasteiger partial charge is 0.319 e. The number of ketones is 1. The molecule has 0 radical (unpaired) electrons. The van der Waals surface area contributed by atoms with Crippen molar-refractivity contribution in [1.82, 2.24) is 10.2 Å². The highest BCUT2D eigenvalue weighted by Gasteiger charge is 2.38. The maximum Gasteiger partial charge on any atom is 0.319 e. The molecule has 21 heavy (non-hydrogen) atoms. The fourth-order valence-corrected chi connectivity index (χ4v) is 2.44. The first-order chi connectivity index (χ1) is 9.82. The summed E-state index contributed by atoms with van der Waals surface area (Å²) in [6, 6.07) is 0. The maximum atomic E-state index is 12.4. The Hall–Kier alpha value is -1.43. The Morgan fingerprint density at radius 3 is 2.57 bits per heavy atom. The average Bonchev–Trinajstić information content (AvgIpc) is 2.46. The topological polar surface area (TPSA) is 75.7 Å². The highest BCUT2D eigenvalue weighted by molar-refractivity contribution is 6.03. The predicted molar refractivity (Wildman–Crippen MR) is 78.7 cm³/mol. The molecule has 0 spiro atoms. The molecule has 6 heteroatoms. The molecule has 1 fully saturated rings. The largest absolute Gasteiger partial charge is 0.465 e. The SMILES string of the molecule is CCOC(=O)C(C)(C)C(=O)CN1CCCC(C(=O)NC)C1. The molecule has 1 heterocycles. The highest BCUT2D eigenvalue weighted by Crippen LogP contribution is 2.22. The van der Waals surface area contributed by atoms with Crippen LogP contribution in [0.5, 0.6) is 0 Å². The zero-order chi connectivity index (χ0) is 16.0. The molecule has 0 bridgehead atoms. The second-order valence-electron chi connectivity index (χ2n) is 5.96. The molecule has 0 aliphatic carbocycles. The van der Waals surface area contributed by atoms with Gasteiger partial charge in [0.05, 0.1) is 19.1 Å². The van der Waals surface area contributed by atoms with Crippen LogP contribution >= 0.6 is 0 Å². The Morgan fingerprint density at radius 2 is 2.00 bits per heavy atom. The number of hydrogen-bond donors (Lipinski definition) is 1. The van der Waals surface area contributed by atoms with Crippen molar-refractivity contribution in [2.75, 3.05) is 33.3 Å². The zero-order valence-electron chi connectivity index (χ0n) is 13.4. The second kappa shape index (κ2) is 7.54. The Labute approximate surface area is 126 Å². The molecule has 1 atom stereocenters. The van der Waals surface area contributed by atoms with Crippen LogP contribution in [-0.4, -0.2) is 55.8 Å². The molecule has 120 valence electrons. The molecule has 1 rings (SSSR count). The minimum atomic E-state index is -1.14. The molecule has 1 aliphatic heterocycles. The second-order valence-corrected chi connectivity index (χ2v) is 5.96. The van der Waals surface area contributed by atoms with Gasteiger partial charge in [-0.25, -0.2) is 0 Å². The van der Waals surface area contributed by atoms with E-state index in [1.807, 2.05) is 4.90 Å². The number of likely N-dealkylation sites (tertiary alicyclic amines) is 1. The maximum absolute atomic E-state index is 12.4. The van der Waals surface area contributed by atoms with Gasteiger partial charge < -0.3 is 10.1 Å². The van der Waals surface area contributed by atoms with Gasteiger partial charge >= 0.3 is 5.97 Å². The van der Waals surface area contributed by atoms with Gasteiger partial charge in [-0.1, -0.05) is 0 Å². The van der Waals surface area contributed by atoms with Gasteiger partial charge in [0, 0.05) is 13.6 Å². The van der Waals surface area contributed by atoms with Crippen LogP contribution in [0.25, 0.3) is 0 Å². The van der Waals surface area contributed by atoms with Crippen LogP contribution in [0.3, 0.4) is 0 Å². The van der Waals surface area contributed by atoms with Crippen LogP contribution < -0.4 is 5.32 Å². The molecule has 0 aromatic heterocycles. The number of esters is 1. The van der Waals surface area contributed by atoms with Crippen LogP contribution in [0.4, 0.5) is 0 Å². The average molecular weight is 298 g/mol. The molecular weight excluding hydrogens is 272 g/mol. The van der Waals surface area contributed by atoms with E-state index in [0.29, 0.717) is 6.54 Å². The van der Waals surface area contributed by atoms with Crippen molar-refractivity contribution in [3.05, 3.63) is 0 Å². The van der Waals surface area contributed by atoms with E-state index in [0.717, 1.165) is 19.4 Å². The van der Waals surface area contributed by atoms with Gasteiger partial charge in [-0.2, -0.15) is 0 Å². The van der Waals surface area contributed by atoms with Crippen LogP contribution in [-0.2, 0) is 19.1 Å². The number of amides is 1. The monoisotopic (exact) mass is 298 g/mol. The lowest BCUT2D eigenvalue weighted by molar-refractivity contribution is -0.158. The summed E-state index contributed by atoms with van der Waals surface area (Å²) in [5.74, 6) is -0.729. The summed E-state index contributed by atoms with van der Waals surface area (Å²) < 4.78 is 4.95. The van der Waals surface area contributed by atoms with Crippen LogP contribution in [0, 0.1) is 11.3 Å². The van der Waals surface area contributed by atoms with Crippen molar-refractivity contribution in [2.45, 2.75) is 33.6 Å². The van der Waals surface area contributed by atoms with E-state index >= 15 is 0 Å². The van der Waals surface area contributed by atoms with Gasteiger partial charge in [0.15, 0.2) is 5.78 Å². The summed E-state index contributed by atoms with van der Waals surface area (Å²) in [6.45, 7) is 6.68. The van der Waals surface area contributed by atoms with Crippen molar-refractivity contribution >= 4 is 17.7 Å². The first kappa shape index (κ1) is 17.6. The first-order valence-corrected chi connectivity index (χ1v) is 7.47. The van der Waals surface area contributed by atoms with E-state index < -0.39 is 11.4 Å². The molecule has 0 aromatic rings. The van der Waals surface area contributed by atoms with Gasteiger partial charge in [0.1, 0.15) is 5.41 Å². The summed E-state index contributed by atoms with van der Waals surface area (Å²) in [5.41, 5.74) is -1.14. The van der Waals surface area contributed by atoms with E-state index in [2.05, 4.69) is 5.32 Å². The van der Waals surface area contributed by atoms with E-state index in [1.54, 1.807) is 27.8 Å². The molecule has 0 aromatic carbocycles. The number of piperidine rings is 1. The van der Waals surface area contributed by atoms with Gasteiger partial charge in [-0.3, -0.25) is 19.3 Å². The molecule has 1 N–H and O–H groups in total. The summed E-state index contributed by atoms with van der Waals surface area (Å²) in [5, 5.41) is 2.65. The predicted octanol–water partition coefficient (Wildman–Crippen LogP) is 0.603. The lowest BCUT2D eigenvalue weighted by Gasteiger charge is -2.33. The van der Waals surface area contributed by atoms with Gasteiger partial charge in [-0.15, -0.1) is 0 Å². The molecular formula is C15H26N2O4. The Balaban J connectivity index is 2.61. The highest BCUT2D eigenvalue weighted by atomic mass is 16.5. The summed E-state index contributed by atoms with van der Waals surface area (Å²) in [4.78, 5) is 37.8. The fourth-order valence-electron chi connectivity index (χ4n) is 2.44. The van der Waals surface area contributed by atoms with Crippen molar-refractivity contribution in [3.8, 4) is 0 Å². The number of nitrogens with zero attached hydrogens (tertiary/aromatic N) is 1. The van der Waals surface area contributed by atoms with E-state index in [4.69, 9.17) is 4.74 Å². The Kier molecular flexibility index (Phi) is 6.33. The van der Waals surface area contributed by atoms with E-state index in [1.165, 1.54) is 0 Å². The van der Waals surface area contributed by atoms with Crippen molar-refractivity contribution in [2.24, 2.45) is 11.3 Å². The third-order valence-electron chi connectivity index (χ3n) is 3.97. The van der Waals surface area contributed by atoms with Crippen LogP contribution in [0.1, 0.15) is 33.6 Å². The quantitative estimate of drug-likeness (QED) is 0.574. The summed E-state index contributed by atoms with van der Waals surface area (Å²) >= 11 is 0. The lowest BCUT2D eigenvalue weighted by Crippen LogP contribution is -2.47. The minimum absolute atomic E-state index is 0.0109. The third kappa shape index (κ3) is 4.52. The van der Waals surface area contributed by atoms with Gasteiger partial charge in [0.2, 0.25) is 5.91 Å². The number of nitrogens with one attached hydrogen (secondary N) is 1. The lowest BCUT2D eigenvalue weighted by atomic mass is 9.87. The van der Waals surface area contributed by atoms with Gasteiger partial charge in [-0.05, 0) is 40.2 Å². The summed E-state index contributed by atoms with van der Waals surface area (Å²) in [6.07, 6.45) is 1.72. The van der Waals surface area contributed by atoms with Crippen molar-refractivity contribution in [3.63, 3.8) is 0 Å². The number of carbonyl (C=O) groups excluding carboxylic acids is 3. The molecule has 1 unspecified atom stereocenters. The normalized spacial score (nSPS) is 19.9. The molecule has 1 saturated heterocycles. The number of carbonyl (C=O) groups is 3. The minimum Gasteiger partial charge on any atom is -0.465 e. The molecule has 1 aliphatic rings. The summed E-state index contributed by atoms with van der Waals surface area (Å²) in [7, 11) is 1.62. The fraction of sp³-hybridized carbons (Fsp3) is 0.800. The zero-order valence-corrected chi connectivity index (χ0v) is 13.4. The number of rotatable bonds is 6. The Bertz CT molecular complexity index is 406. The van der Waals surface area contributed by atoms with Crippen LogP contribution in [0.15, 0.2) is 0 Å². The molecule has 1 amide bonds. The number of ether oxygens (including phenoxy) is 1. The molecule has 0 saturated carbocycles. The first-order valence-electron chi connectivity index (χ1n) is 7.47. The number of hydrogen-bond acceptors (Lipinski definition) is 5. The van der Waals surface area contributed by atoms with E-state index in [9.17, 15) is 14.4 Å². The van der Waals surface area contributed by atoms with Crippen molar-refractivity contribution < 1.29 is 19.1 Å². The number of Topliss-reactive ketones (excluding diaryl/α,β-unsaturated/α-hetero) is 1. The standard InChI is InChI=1S/C15H26N2O4/c1-5-21-14(20)15(2,3)12(18)10-17-8-6-7-11(9-17)13(19)16-4/h11H,5-10H2,1-4H3,(H,16,19). The van der Waals surface area contributed by atoms with Crippen LogP contribution in [0.2, 0.25) is 0 Å².